The molecule has 2 N–H and O–H groups in total. The highest BCUT2D eigenvalue weighted by Gasteiger charge is 2.14. The van der Waals surface area contributed by atoms with Gasteiger partial charge in [0.25, 0.3) is 0 Å². The van der Waals surface area contributed by atoms with Crippen LogP contribution in [0.2, 0.25) is 0 Å². The number of aromatic nitrogens is 2. The maximum Gasteiger partial charge on any atom is 0.153 e. The molecule has 0 unspecified atom stereocenters. The summed E-state index contributed by atoms with van der Waals surface area (Å²) in [5.41, 5.74) is 7.65. The third-order valence-corrected chi connectivity index (χ3v) is 3.07. The highest BCUT2D eigenvalue weighted by Crippen LogP contribution is 2.26. The summed E-state index contributed by atoms with van der Waals surface area (Å²) in [5, 5.41) is 0. The van der Waals surface area contributed by atoms with Crippen LogP contribution in [0.25, 0.3) is 22.4 Å². The fraction of sp³-hybridized carbons (Fsp3) is 0.0714. The second-order valence-corrected chi connectivity index (χ2v) is 4.37. The number of aryl methyl sites for hydroxylation is 1. The number of benzene rings is 2. The first-order chi connectivity index (χ1) is 9.06. The van der Waals surface area contributed by atoms with Crippen LogP contribution in [0.4, 0.5) is 14.5 Å². The SMILES string of the molecule is Cn1c(-c2ccc(N)cc2)nc2c(F)cc(F)cc21. The Bertz CT molecular complexity index is 760. The first kappa shape index (κ1) is 11.6. The fourth-order valence-corrected chi connectivity index (χ4v) is 2.10. The van der Waals surface area contributed by atoms with Gasteiger partial charge in [0.2, 0.25) is 0 Å². The molecular weight excluding hydrogens is 248 g/mol. The van der Waals surface area contributed by atoms with E-state index in [1.807, 2.05) is 0 Å². The molecule has 0 spiro atoms. The van der Waals surface area contributed by atoms with E-state index in [9.17, 15) is 8.78 Å². The number of hydrogen-bond donors (Lipinski definition) is 1. The standard InChI is InChI=1S/C14H11F2N3/c1-19-12-7-9(15)6-11(16)13(12)18-14(19)8-2-4-10(17)5-3-8/h2-7H,17H2,1H3. The lowest BCUT2D eigenvalue weighted by Gasteiger charge is -2.02. The molecule has 1 heterocycles. The van der Waals surface area contributed by atoms with Gasteiger partial charge >= 0.3 is 0 Å². The number of rotatable bonds is 1. The van der Waals surface area contributed by atoms with Crippen LogP contribution in [0.3, 0.4) is 0 Å². The van der Waals surface area contributed by atoms with Crippen molar-refractivity contribution in [3.05, 3.63) is 48.0 Å². The average molecular weight is 259 g/mol. The molecule has 2 aromatic carbocycles. The first-order valence-corrected chi connectivity index (χ1v) is 5.73. The van der Waals surface area contributed by atoms with Gasteiger partial charge in [0, 0.05) is 24.4 Å². The monoisotopic (exact) mass is 259 g/mol. The Balaban J connectivity index is 2.28. The van der Waals surface area contributed by atoms with Crippen LogP contribution in [0.5, 0.6) is 0 Å². The maximum absolute atomic E-state index is 13.7. The van der Waals surface area contributed by atoms with Crippen molar-refractivity contribution in [1.29, 1.82) is 0 Å². The molecule has 3 rings (SSSR count). The normalized spacial score (nSPS) is 11.1. The predicted octanol–water partition coefficient (Wildman–Crippen LogP) is 3.10. The first-order valence-electron chi connectivity index (χ1n) is 5.73. The van der Waals surface area contributed by atoms with Crippen molar-refractivity contribution < 1.29 is 8.78 Å². The van der Waals surface area contributed by atoms with Crippen LogP contribution in [0, 0.1) is 11.6 Å². The molecule has 0 radical (unpaired) electrons. The van der Waals surface area contributed by atoms with E-state index in [-0.39, 0.29) is 5.52 Å². The van der Waals surface area contributed by atoms with Crippen LogP contribution in [-0.4, -0.2) is 9.55 Å². The van der Waals surface area contributed by atoms with E-state index in [1.54, 1.807) is 35.9 Å². The Morgan fingerprint density at radius 3 is 2.47 bits per heavy atom. The number of fused-ring (bicyclic) bond motifs is 1. The van der Waals surface area contributed by atoms with Gasteiger partial charge in [-0.2, -0.15) is 0 Å². The number of anilines is 1. The molecule has 0 saturated carbocycles. The van der Waals surface area contributed by atoms with E-state index in [4.69, 9.17) is 5.73 Å². The summed E-state index contributed by atoms with van der Waals surface area (Å²) in [6, 6.07) is 9.18. The molecule has 0 bridgehead atoms. The third-order valence-electron chi connectivity index (χ3n) is 3.07. The molecule has 0 aliphatic heterocycles. The number of imidazole rings is 1. The molecule has 0 amide bonds. The highest BCUT2D eigenvalue weighted by atomic mass is 19.1. The minimum absolute atomic E-state index is 0.163. The number of nitrogens with zero attached hydrogens (tertiary/aromatic N) is 2. The Labute approximate surface area is 108 Å². The van der Waals surface area contributed by atoms with E-state index < -0.39 is 11.6 Å². The van der Waals surface area contributed by atoms with Gasteiger partial charge in [0.15, 0.2) is 5.82 Å². The van der Waals surface area contributed by atoms with Crippen molar-refractivity contribution in [1.82, 2.24) is 9.55 Å². The second kappa shape index (κ2) is 4.05. The molecule has 3 nitrogen and oxygen atoms in total. The van der Waals surface area contributed by atoms with Gasteiger partial charge in [0.05, 0.1) is 5.52 Å². The molecule has 5 heteroatoms. The average Bonchev–Trinajstić information content (AvgIpc) is 2.69. The van der Waals surface area contributed by atoms with Gasteiger partial charge in [-0.1, -0.05) is 0 Å². The summed E-state index contributed by atoms with van der Waals surface area (Å²) in [7, 11) is 1.72. The summed E-state index contributed by atoms with van der Waals surface area (Å²) in [6.07, 6.45) is 0. The summed E-state index contributed by atoms with van der Waals surface area (Å²) in [4.78, 5) is 4.23. The molecular formula is C14H11F2N3. The molecule has 1 aromatic heterocycles. The molecule has 0 fully saturated rings. The van der Waals surface area contributed by atoms with Gasteiger partial charge in [-0.15, -0.1) is 0 Å². The topological polar surface area (TPSA) is 43.8 Å². The summed E-state index contributed by atoms with van der Waals surface area (Å²) < 4.78 is 28.6. The van der Waals surface area contributed by atoms with Crippen LogP contribution in [0.15, 0.2) is 36.4 Å². The lowest BCUT2D eigenvalue weighted by atomic mass is 10.2. The van der Waals surface area contributed by atoms with E-state index in [2.05, 4.69) is 4.98 Å². The lowest BCUT2D eigenvalue weighted by molar-refractivity contribution is 0.590. The van der Waals surface area contributed by atoms with E-state index in [1.165, 1.54) is 6.07 Å². The minimum atomic E-state index is -0.660. The summed E-state index contributed by atoms with van der Waals surface area (Å²) in [5.74, 6) is -0.705. The summed E-state index contributed by atoms with van der Waals surface area (Å²) in [6.45, 7) is 0. The Morgan fingerprint density at radius 1 is 1.11 bits per heavy atom. The zero-order chi connectivity index (χ0) is 13.6. The van der Waals surface area contributed by atoms with Crippen molar-refractivity contribution >= 4 is 16.7 Å². The van der Waals surface area contributed by atoms with Crippen molar-refractivity contribution in [3.8, 4) is 11.4 Å². The lowest BCUT2D eigenvalue weighted by Crippen LogP contribution is -1.93. The van der Waals surface area contributed by atoms with Crippen LogP contribution >= 0.6 is 0 Å². The highest BCUT2D eigenvalue weighted by molar-refractivity contribution is 5.81. The van der Waals surface area contributed by atoms with Crippen LogP contribution < -0.4 is 5.73 Å². The van der Waals surface area contributed by atoms with Crippen molar-refractivity contribution in [2.24, 2.45) is 7.05 Å². The second-order valence-electron chi connectivity index (χ2n) is 4.37. The largest absolute Gasteiger partial charge is 0.399 e. The van der Waals surface area contributed by atoms with Crippen LogP contribution in [-0.2, 0) is 7.05 Å². The molecule has 3 aromatic rings. The van der Waals surface area contributed by atoms with Gasteiger partial charge in [-0.3, -0.25) is 0 Å². The van der Waals surface area contributed by atoms with Crippen molar-refractivity contribution in [2.75, 3.05) is 5.73 Å². The number of nitrogens with two attached hydrogens (primary N) is 1. The third kappa shape index (κ3) is 1.83. The van der Waals surface area contributed by atoms with Crippen molar-refractivity contribution in [3.63, 3.8) is 0 Å². The Kier molecular flexibility index (Phi) is 2.48. The van der Waals surface area contributed by atoms with Gasteiger partial charge in [-0.25, -0.2) is 13.8 Å². The van der Waals surface area contributed by atoms with Crippen molar-refractivity contribution in [2.45, 2.75) is 0 Å². The molecule has 0 aliphatic rings. The quantitative estimate of drug-likeness (QED) is 0.682. The zero-order valence-electron chi connectivity index (χ0n) is 10.2. The molecule has 96 valence electrons. The predicted molar refractivity (Wildman–Crippen MR) is 70.5 cm³/mol. The van der Waals surface area contributed by atoms with Gasteiger partial charge < -0.3 is 10.3 Å². The Morgan fingerprint density at radius 2 is 1.79 bits per heavy atom. The van der Waals surface area contributed by atoms with Gasteiger partial charge in [-0.05, 0) is 30.3 Å². The minimum Gasteiger partial charge on any atom is -0.399 e. The van der Waals surface area contributed by atoms with E-state index in [0.29, 0.717) is 17.0 Å². The number of hydrogen-bond acceptors (Lipinski definition) is 2. The molecule has 0 atom stereocenters. The zero-order valence-corrected chi connectivity index (χ0v) is 10.2. The van der Waals surface area contributed by atoms with E-state index >= 15 is 0 Å². The number of halogens is 2. The summed E-state index contributed by atoms with van der Waals surface area (Å²) >= 11 is 0. The Hall–Kier alpha value is -2.43. The molecule has 19 heavy (non-hydrogen) atoms. The molecule has 0 saturated heterocycles. The van der Waals surface area contributed by atoms with Gasteiger partial charge in [0.1, 0.15) is 17.2 Å². The maximum atomic E-state index is 13.7. The smallest absolute Gasteiger partial charge is 0.153 e. The van der Waals surface area contributed by atoms with E-state index in [0.717, 1.165) is 11.6 Å². The number of nitrogen functional groups attached to an aromatic ring is 1. The fourth-order valence-electron chi connectivity index (χ4n) is 2.10. The van der Waals surface area contributed by atoms with Crippen LogP contribution in [0.1, 0.15) is 0 Å². The molecule has 0 aliphatic carbocycles.